The summed E-state index contributed by atoms with van der Waals surface area (Å²) in [6, 6.07) is 10.4. The summed E-state index contributed by atoms with van der Waals surface area (Å²) in [4.78, 5) is 30.4. The number of aromatic amines is 1. The lowest BCUT2D eigenvalue weighted by molar-refractivity contribution is -0.132. The average Bonchev–Trinajstić information content (AvgIpc) is 3.38. The number of amides is 2. The minimum absolute atomic E-state index is 0.0480. The number of likely N-dealkylation sites (tertiary alicyclic amines) is 1. The molecule has 3 atom stereocenters. The van der Waals surface area contributed by atoms with Crippen LogP contribution in [-0.2, 0) is 11.2 Å². The smallest absolute Gasteiger partial charge is 0.268 e. The first-order valence-electron chi connectivity index (χ1n) is 9.18. The Hall–Kier alpha value is -2.20. The Morgan fingerprint density at radius 1 is 1.24 bits per heavy atom. The number of rotatable bonds is 5. The van der Waals surface area contributed by atoms with Gasteiger partial charge in [0.05, 0.1) is 26.9 Å². The van der Waals surface area contributed by atoms with Gasteiger partial charge in [-0.05, 0) is 27.6 Å². The van der Waals surface area contributed by atoms with Gasteiger partial charge >= 0.3 is 0 Å². The summed E-state index contributed by atoms with van der Waals surface area (Å²) in [7, 11) is 0. The highest BCUT2D eigenvalue weighted by Crippen LogP contribution is 2.30. The van der Waals surface area contributed by atoms with Crippen LogP contribution in [0.2, 0.25) is 0 Å². The van der Waals surface area contributed by atoms with Crippen LogP contribution in [0.4, 0.5) is 0 Å². The predicted octanol–water partition coefficient (Wildman–Crippen LogP) is 1.90. The summed E-state index contributed by atoms with van der Waals surface area (Å²) >= 11 is 4.95. The second kappa shape index (κ2) is 8.27. The lowest BCUT2D eigenvalue weighted by atomic mass is 10.0. The van der Waals surface area contributed by atoms with Crippen LogP contribution in [-0.4, -0.2) is 63.3 Å². The molecule has 3 aromatic rings. The van der Waals surface area contributed by atoms with Crippen molar-refractivity contribution >= 4 is 49.3 Å². The molecule has 3 heterocycles. The molecule has 2 amide bonds. The van der Waals surface area contributed by atoms with Crippen LogP contribution in [0.5, 0.6) is 0 Å². The number of carbonyl (C=O) groups excluding carboxylic acids is 2. The van der Waals surface area contributed by atoms with Crippen molar-refractivity contribution in [1.29, 1.82) is 0 Å². The Morgan fingerprint density at radius 3 is 2.59 bits per heavy atom. The molecule has 0 saturated carbocycles. The molecular formula is C20H20BrN3O4S. The molecule has 29 heavy (non-hydrogen) atoms. The number of H-pyrrole nitrogens is 1. The Labute approximate surface area is 179 Å². The summed E-state index contributed by atoms with van der Waals surface area (Å²) in [5, 5.41) is 24.3. The van der Waals surface area contributed by atoms with Gasteiger partial charge in [0, 0.05) is 24.9 Å². The molecule has 1 aromatic carbocycles. The van der Waals surface area contributed by atoms with E-state index in [2.05, 4.69) is 26.2 Å². The number of nitrogens with one attached hydrogen (secondary N) is 2. The number of halogens is 1. The van der Waals surface area contributed by atoms with Gasteiger partial charge in [0.25, 0.3) is 5.91 Å². The maximum absolute atomic E-state index is 13.1. The van der Waals surface area contributed by atoms with Gasteiger partial charge in [0.1, 0.15) is 11.7 Å². The molecule has 1 aliphatic rings. The number of hydrogen-bond acceptors (Lipinski definition) is 5. The van der Waals surface area contributed by atoms with Gasteiger partial charge in [-0.2, -0.15) is 0 Å². The molecule has 7 nitrogen and oxygen atoms in total. The van der Waals surface area contributed by atoms with Crippen LogP contribution in [0.3, 0.4) is 0 Å². The van der Waals surface area contributed by atoms with Crippen molar-refractivity contribution in [3.05, 3.63) is 57.5 Å². The number of nitrogens with zero attached hydrogens (tertiary/aromatic N) is 1. The van der Waals surface area contributed by atoms with Crippen LogP contribution < -0.4 is 5.32 Å². The van der Waals surface area contributed by atoms with Gasteiger partial charge in [0.2, 0.25) is 5.91 Å². The van der Waals surface area contributed by atoms with Crippen LogP contribution >= 0.6 is 27.3 Å². The maximum atomic E-state index is 13.1. The number of fused-ring (bicyclic) bond motifs is 1. The van der Waals surface area contributed by atoms with E-state index in [1.54, 1.807) is 6.07 Å². The number of β-amino-alcohol motifs (C(OH)–C–C–N with tert-alkyl or cyclic N) is 2. The SMILES string of the molecule is O=C(N[C@@H](Cc1ccccc1)C(=O)N1C[C@@H](O)[C@@H](O)C1)c1cc2scc(Br)c2[nH]1. The van der Waals surface area contributed by atoms with Crippen molar-refractivity contribution < 1.29 is 19.8 Å². The summed E-state index contributed by atoms with van der Waals surface area (Å²) < 4.78 is 1.83. The van der Waals surface area contributed by atoms with Gasteiger partial charge < -0.3 is 25.4 Å². The van der Waals surface area contributed by atoms with E-state index in [9.17, 15) is 19.8 Å². The fraction of sp³-hybridized carbons (Fsp3) is 0.300. The number of carbonyl (C=O) groups is 2. The van der Waals surface area contributed by atoms with E-state index in [1.807, 2.05) is 35.7 Å². The lowest BCUT2D eigenvalue weighted by Crippen LogP contribution is -2.49. The van der Waals surface area contributed by atoms with E-state index in [0.717, 1.165) is 20.3 Å². The van der Waals surface area contributed by atoms with Gasteiger partial charge in [-0.25, -0.2) is 0 Å². The molecule has 0 radical (unpaired) electrons. The zero-order chi connectivity index (χ0) is 20.5. The minimum Gasteiger partial charge on any atom is -0.388 e. The first-order chi connectivity index (χ1) is 13.9. The molecule has 1 saturated heterocycles. The van der Waals surface area contributed by atoms with Crippen molar-refractivity contribution in [3.8, 4) is 0 Å². The molecule has 2 aromatic heterocycles. The molecule has 0 unspecified atom stereocenters. The van der Waals surface area contributed by atoms with Crippen LogP contribution in [0.25, 0.3) is 10.2 Å². The Balaban J connectivity index is 1.55. The van der Waals surface area contributed by atoms with Crippen molar-refractivity contribution in [2.45, 2.75) is 24.7 Å². The number of aliphatic hydroxyl groups is 2. The van der Waals surface area contributed by atoms with Crippen molar-refractivity contribution in [3.63, 3.8) is 0 Å². The molecule has 1 fully saturated rings. The standard InChI is InChI=1S/C20H20BrN3O4S/c21-12-10-29-17-7-13(22-18(12)17)19(27)23-14(6-11-4-2-1-3-5-11)20(28)24-8-15(25)16(26)9-24/h1-5,7,10,14-16,22,25-26H,6,8-9H2,(H,23,27)/t14-,15-,16+/m0/s1. The highest BCUT2D eigenvalue weighted by atomic mass is 79.9. The average molecular weight is 478 g/mol. The zero-order valence-corrected chi connectivity index (χ0v) is 17.7. The van der Waals surface area contributed by atoms with Gasteiger partial charge in [-0.15, -0.1) is 11.3 Å². The molecule has 4 N–H and O–H groups in total. The third-order valence-corrected chi connectivity index (χ3v) is 6.87. The maximum Gasteiger partial charge on any atom is 0.268 e. The number of hydrogen-bond donors (Lipinski definition) is 4. The minimum atomic E-state index is -0.973. The molecule has 152 valence electrons. The summed E-state index contributed by atoms with van der Waals surface area (Å²) in [6.07, 6.45) is -1.63. The second-order valence-electron chi connectivity index (χ2n) is 7.10. The Kier molecular flexibility index (Phi) is 5.73. The third kappa shape index (κ3) is 4.23. The van der Waals surface area contributed by atoms with Crippen LogP contribution in [0, 0.1) is 0 Å². The van der Waals surface area contributed by atoms with E-state index >= 15 is 0 Å². The lowest BCUT2D eigenvalue weighted by Gasteiger charge is -2.24. The normalized spacial score (nSPS) is 20.2. The van der Waals surface area contributed by atoms with E-state index in [-0.39, 0.29) is 24.9 Å². The van der Waals surface area contributed by atoms with Crippen LogP contribution in [0.1, 0.15) is 16.1 Å². The van der Waals surface area contributed by atoms with Gasteiger partial charge in [-0.1, -0.05) is 30.3 Å². The summed E-state index contributed by atoms with van der Waals surface area (Å²) in [5.74, 6) is -0.706. The van der Waals surface area contributed by atoms with Crippen molar-refractivity contribution in [2.24, 2.45) is 0 Å². The van der Waals surface area contributed by atoms with Crippen molar-refractivity contribution in [2.75, 3.05) is 13.1 Å². The van der Waals surface area contributed by atoms with E-state index in [0.29, 0.717) is 12.1 Å². The molecule has 0 spiro atoms. The molecule has 0 aliphatic carbocycles. The Bertz CT molecular complexity index is 1020. The zero-order valence-electron chi connectivity index (χ0n) is 15.3. The number of aliphatic hydroxyl groups excluding tert-OH is 2. The summed E-state index contributed by atoms with van der Waals surface area (Å²) in [6.45, 7) is 0.0959. The molecule has 0 bridgehead atoms. The predicted molar refractivity (Wildman–Crippen MR) is 114 cm³/mol. The van der Waals surface area contributed by atoms with Gasteiger partial charge in [0.15, 0.2) is 0 Å². The fourth-order valence-corrected chi connectivity index (χ4v) is 5.00. The van der Waals surface area contributed by atoms with E-state index < -0.39 is 18.2 Å². The third-order valence-electron chi connectivity index (χ3n) is 5.01. The summed E-state index contributed by atoms with van der Waals surface area (Å²) in [5.41, 5.74) is 2.12. The molecule has 1 aliphatic heterocycles. The number of benzene rings is 1. The first kappa shape index (κ1) is 20.1. The Morgan fingerprint density at radius 2 is 1.93 bits per heavy atom. The molecular weight excluding hydrogens is 458 g/mol. The van der Waals surface area contributed by atoms with Crippen molar-refractivity contribution in [1.82, 2.24) is 15.2 Å². The fourth-order valence-electron chi connectivity index (χ4n) is 3.46. The van der Waals surface area contributed by atoms with Gasteiger partial charge in [-0.3, -0.25) is 9.59 Å². The topological polar surface area (TPSA) is 106 Å². The molecule has 4 rings (SSSR count). The second-order valence-corrected chi connectivity index (χ2v) is 8.87. The number of aromatic nitrogens is 1. The van der Waals surface area contributed by atoms with E-state index in [4.69, 9.17) is 0 Å². The number of thiophene rings is 1. The largest absolute Gasteiger partial charge is 0.388 e. The quantitative estimate of drug-likeness (QED) is 0.450. The highest BCUT2D eigenvalue weighted by molar-refractivity contribution is 9.10. The van der Waals surface area contributed by atoms with E-state index in [1.165, 1.54) is 16.2 Å². The first-order valence-corrected chi connectivity index (χ1v) is 10.8. The monoisotopic (exact) mass is 477 g/mol. The van der Waals surface area contributed by atoms with Crippen LogP contribution in [0.15, 0.2) is 46.3 Å². The molecule has 9 heteroatoms. The highest BCUT2D eigenvalue weighted by Gasteiger charge is 2.36.